The normalized spacial score (nSPS) is 14.5. The lowest BCUT2D eigenvalue weighted by Gasteiger charge is -2.24. The van der Waals surface area contributed by atoms with Crippen LogP contribution in [0.4, 0.5) is 13.2 Å². The molecule has 0 fully saturated rings. The van der Waals surface area contributed by atoms with Crippen LogP contribution in [0.25, 0.3) is 0 Å². The maximum Gasteiger partial charge on any atom is 0.416 e. The smallest absolute Gasteiger partial charge is 0.388 e. The largest absolute Gasteiger partial charge is 0.416 e. The zero-order chi connectivity index (χ0) is 14.7. The summed E-state index contributed by atoms with van der Waals surface area (Å²) in [5.74, 6) is 0. The number of aliphatic hydroxyl groups is 1. The van der Waals surface area contributed by atoms with Crippen LogP contribution in [-0.2, 0) is 10.9 Å². The van der Waals surface area contributed by atoms with Crippen molar-refractivity contribution in [2.24, 2.45) is 0 Å². The SMILES string of the molecule is COC(C)(C)CCC(O)c1ccc(C(F)(F)F)cc1. The van der Waals surface area contributed by atoms with E-state index in [1.54, 1.807) is 7.11 Å². The van der Waals surface area contributed by atoms with Gasteiger partial charge in [0.1, 0.15) is 0 Å². The topological polar surface area (TPSA) is 29.5 Å². The molecule has 0 bridgehead atoms. The predicted molar refractivity (Wildman–Crippen MR) is 66.7 cm³/mol. The average molecular weight is 276 g/mol. The van der Waals surface area contributed by atoms with Gasteiger partial charge in [-0.05, 0) is 44.4 Å². The van der Waals surface area contributed by atoms with Crippen molar-refractivity contribution in [3.8, 4) is 0 Å². The molecule has 0 amide bonds. The van der Waals surface area contributed by atoms with Gasteiger partial charge in [0.05, 0.1) is 17.3 Å². The molecule has 19 heavy (non-hydrogen) atoms. The maximum absolute atomic E-state index is 12.4. The van der Waals surface area contributed by atoms with Crippen LogP contribution in [0.1, 0.15) is 43.9 Å². The van der Waals surface area contributed by atoms with E-state index in [9.17, 15) is 18.3 Å². The number of ether oxygens (including phenoxy) is 1. The Bertz CT molecular complexity index is 396. The molecule has 1 rings (SSSR count). The van der Waals surface area contributed by atoms with Crippen molar-refractivity contribution in [1.82, 2.24) is 0 Å². The molecule has 1 aromatic rings. The summed E-state index contributed by atoms with van der Waals surface area (Å²) in [5, 5.41) is 9.94. The maximum atomic E-state index is 12.4. The molecule has 5 heteroatoms. The van der Waals surface area contributed by atoms with Gasteiger partial charge in [0.25, 0.3) is 0 Å². The Hall–Kier alpha value is -1.07. The van der Waals surface area contributed by atoms with Crippen molar-refractivity contribution >= 4 is 0 Å². The third kappa shape index (κ3) is 4.84. The highest BCUT2D eigenvalue weighted by Crippen LogP contribution is 2.31. The first-order valence-corrected chi connectivity index (χ1v) is 6.06. The molecule has 0 aliphatic heterocycles. The van der Waals surface area contributed by atoms with Crippen molar-refractivity contribution in [2.45, 2.75) is 44.6 Å². The molecule has 0 aromatic heterocycles. The Morgan fingerprint density at radius 1 is 1.16 bits per heavy atom. The van der Waals surface area contributed by atoms with Crippen LogP contribution in [0.3, 0.4) is 0 Å². The van der Waals surface area contributed by atoms with E-state index in [0.717, 1.165) is 12.1 Å². The van der Waals surface area contributed by atoms with Crippen molar-refractivity contribution in [2.75, 3.05) is 7.11 Å². The van der Waals surface area contributed by atoms with E-state index in [1.165, 1.54) is 12.1 Å². The molecule has 108 valence electrons. The summed E-state index contributed by atoms with van der Waals surface area (Å²) in [6.45, 7) is 3.79. The van der Waals surface area contributed by atoms with Crippen molar-refractivity contribution in [3.63, 3.8) is 0 Å². The Morgan fingerprint density at radius 3 is 2.11 bits per heavy atom. The molecule has 1 aromatic carbocycles. The molecule has 0 aliphatic carbocycles. The number of hydrogen-bond acceptors (Lipinski definition) is 2. The Kier molecular flexibility index (Phi) is 4.98. The molecular weight excluding hydrogens is 257 g/mol. The first kappa shape index (κ1) is 16.0. The summed E-state index contributed by atoms with van der Waals surface area (Å²) in [6.07, 6.45) is -4.07. The van der Waals surface area contributed by atoms with E-state index in [4.69, 9.17) is 4.74 Å². The van der Waals surface area contributed by atoms with E-state index >= 15 is 0 Å². The molecule has 0 aliphatic rings. The van der Waals surface area contributed by atoms with Crippen LogP contribution in [0.2, 0.25) is 0 Å². The van der Waals surface area contributed by atoms with Gasteiger partial charge in [-0.2, -0.15) is 13.2 Å². The van der Waals surface area contributed by atoms with Crippen LogP contribution in [-0.4, -0.2) is 17.8 Å². The molecule has 1 atom stereocenters. The highest BCUT2D eigenvalue weighted by molar-refractivity contribution is 5.26. The Balaban J connectivity index is 2.66. The monoisotopic (exact) mass is 276 g/mol. The minimum atomic E-state index is -4.35. The number of aliphatic hydroxyl groups excluding tert-OH is 1. The van der Waals surface area contributed by atoms with E-state index in [0.29, 0.717) is 18.4 Å². The van der Waals surface area contributed by atoms with Gasteiger partial charge < -0.3 is 9.84 Å². The fourth-order valence-corrected chi connectivity index (χ4v) is 1.65. The van der Waals surface area contributed by atoms with E-state index in [2.05, 4.69) is 0 Å². The highest BCUT2D eigenvalue weighted by atomic mass is 19.4. The Morgan fingerprint density at radius 2 is 1.68 bits per heavy atom. The summed E-state index contributed by atoms with van der Waals surface area (Å²) in [4.78, 5) is 0. The second-order valence-corrected chi connectivity index (χ2v) is 5.14. The molecular formula is C14H19F3O2. The average Bonchev–Trinajstić information content (AvgIpc) is 2.35. The summed E-state index contributed by atoms with van der Waals surface area (Å²) in [5.41, 5.74) is -0.576. The molecule has 0 spiro atoms. The molecule has 0 saturated heterocycles. The minimum absolute atomic E-state index is 0.354. The summed E-state index contributed by atoms with van der Waals surface area (Å²) < 4.78 is 42.4. The highest BCUT2D eigenvalue weighted by Gasteiger charge is 2.30. The fraction of sp³-hybridized carbons (Fsp3) is 0.571. The second-order valence-electron chi connectivity index (χ2n) is 5.14. The third-order valence-corrected chi connectivity index (χ3v) is 3.20. The third-order valence-electron chi connectivity index (χ3n) is 3.20. The van der Waals surface area contributed by atoms with E-state index in [-0.39, 0.29) is 5.60 Å². The summed E-state index contributed by atoms with van der Waals surface area (Å²) >= 11 is 0. The zero-order valence-electron chi connectivity index (χ0n) is 11.3. The number of rotatable bonds is 5. The van der Waals surface area contributed by atoms with Gasteiger partial charge >= 0.3 is 6.18 Å². The first-order valence-electron chi connectivity index (χ1n) is 6.06. The number of alkyl halides is 3. The second kappa shape index (κ2) is 5.92. The predicted octanol–water partition coefficient (Wildman–Crippen LogP) is 3.94. The number of halogens is 3. The van der Waals surface area contributed by atoms with Crippen molar-refractivity contribution < 1.29 is 23.0 Å². The van der Waals surface area contributed by atoms with Crippen LogP contribution in [0, 0.1) is 0 Å². The summed E-state index contributed by atoms with van der Waals surface area (Å²) in [7, 11) is 1.59. The molecule has 0 heterocycles. The molecule has 1 unspecified atom stereocenters. The fourth-order valence-electron chi connectivity index (χ4n) is 1.65. The van der Waals surface area contributed by atoms with Crippen LogP contribution >= 0.6 is 0 Å². The van der Waals surface area contributed by atoms with E-state index in [1.807, 2.05) is 13.8 Å². The van der Waals surface area contributed by atoms with Gasteiger partial charge in [-0.25, -0.2) is 0 Å². The van der Waals surface area contributed by atoms with Gasteiger partial charge in [-0.3, -0.25) is 0 Å². The standard InChI is InChI=1S/C14H19F3O2/c1-13(2,19-3)9-8-12(18)10-4-6-11(7-5-10)14(15,16)17/h4-7,12,18H,8-9H2,1-3H3. The number of methoxy groups -OCH3 is 1. The zero-order valence-corrected chi connectivity index (χ0v) is 11.3. The summed E-state index contributed by atoms with van der Waals surface area (Å²) in [6, 6.07) is 4.60. The number of hydrogen-bond donors (Lipinski definition) is 1. The van der Waals surface area contributed by atoms with Gasteiger partial charge in [0.15, 0.2) is 0 Å². The lowest BCUT2D eigenvalue weighted by Crippen LogP contribution is -2.23. The van der Waals surface area contributed by atoms with Crippen molar-refractivity contribution in [1.29, 1.82) is 0 Å². The number of benzene rings is 1. The minimum Gasteiger partial charge on any atom is -0.388 e. The van der Waals surface area contributed by atoms with Crippen LogP contribution < -0.4 is 0 Å². The van der Waals surface area contributed by atoms with Gasteiger partial charge in [0, 0.05) is 7.11 Å². The Labute approximate surface area is 111 Å². The molecule has 0 radical (unpaired) electrons. The lowest BCUT2D eigenvalue weighted by molar-refractivity contribution is -0.137. The van der Waals surface area contributed by atoms with Crippen LogP contribution in [0.15, 0.2) is 24.3 Å². The molecule has 1 N–H and O–H groups in total. The van der Waals surface area contributed by atoms with Gasteiger partial charge in [0.2, 0.25) is 0 Å². The van der Waals surface area contributed by atoms with Crippen LogP contribution in [0.5, 0.6) is 0 Å². The lowest BCUT2D eigenvalue weighted by atomic mass is 9.96. The van der Waals surface area contributed by atoms with Crippen molar-refractivity contribution in [3.05, 3.63) is 35.4 Å². The quantitative estimate of drug-likeness (QED) is 0.882. The molecule has 2 nitrogen and oxygen atoms in total. The van der Waals surface area contributed by atoms with Gasteiger partial charge in [-0.15, -0.1) is 0 Å². The van der Waals surface area contributed by atoms with Gasteiger partial charge in [-0.1, -0.05) is 12.1 Å². The first-order chi connectivity index (χ1) is 8.65. The van der Waals surface area contributed by atoms with E-state index < -0.39 is 17.8 Å². The molecule has 0 saturated carbocycles.